The predicted octanol–water partition coefficient (Wildman–Crippen LogP) is 4.17. The Hall–Kier alpha value is -1.68. The van der Waals surface area contributed by atoms with Gasteiger partial charge in [0.25, 0.3) is 0 Å². The summed E-state index contributed by atoms with van der Waals surface area (Å²) in [6.07, 6.45) is 3.59. The maximum absolute atomic E-state index is 4.42. The lowest BCUT2D eigenvalue weighted by molar-refractivity contribution is 0.406. The van der Waals surface area contributed by atoms with Gasteiger partial charge < -0.3 is 15.1 Å². The van der Waals surface area contributed by atoms with Crippen LogP contribution in [0.2, 0.25) is 0 Å². The third kappa shape index (κ3) is 5.90. The fourth-order valence-electron chi connectivity index (χ4n) is 2.50. The van der Waals surface area contributed by atoms with E-state index in [1.807, 2.05) is 53.4 Å². The van der Waals surface area contributed by atoms with Gasteiger partial charge in [-0.2, -0.15) is 20.5 Å². The quantitative estimate of drug-likeness (QED) is 0.494. The number of thiophene rings is 1. The van der Waals surface area contributed by atoms with Crippen LogP contribution < -0.4 is 10.2 Å². The molecule has 0 aliphatic rings. The van der Waals surface area contributed by atoms with Crippen LogP contribution in [0.1, 0.15) is 9.75 Å². The number of aromatic nitrogens is 3. The molecule has 0 bridgehead atoms. The van der Waals surface area contributed by atoms with Crippen LogP contribution in [-0.2, 0) is 12.3 Å². The summed E-state index contributed by atoms with van der Waals surface area (Å²) in [5, 5.41) is 3.41. The summed E-state index contributed by atoms with van der Waals surface area (Å²) in [4.78, 5) is 11.2. The Kier molecular flexibility index (Phi) is 7.45. The number of thioether (sulfide) groups is 1. The third-order valence-corrected chi connectivity index (χ3v) is 6.57. The molecule has 3 aromatic rings. The lowest BCUT2D eigenvalue weighted by Gasteiger charge is -2.17. The summed E-state index contributed by atoms with van der Waals surface area (Å²) in [5.41, 5.74) is 0.994. The molecule has 0 aliphatic heterocycles. The molecule has 0 aliphatic carbocycles. The first-order valence-electron chi connectivity index (χ1n) is 8.63. The Morgan fingerprint density at radius 2 is 1.96 bits per heavy atom. The second-order valence-electron chi connectivity index (χ2n) is 6.29. The van der Waals surface area contributed by atoms with Crippen LogP contribution in [0, 0.1) is 0 Å². The standard InChI is InChI=1S/C18H24N6S3/c1-23(2)12-15-6-7-16(26-15)13-25-10-9-20-17-18(22-27-21-17)24(3)14-5-4-8-19-11-14/h4-8,11H,9-10,12-13H2,1-3H3,(H,20,21). The number of pyridine rings is 1. The first-order chi connectivity index (χ1) is 13.1. The van der Waals surface area contributed by atoms with Crippen molar-refractivity contribution in [1.29, 1.82) is 0 Å². The monoisotopic (exact) mass is 420 g/mol. The Morgan fingerprint density at radius 3 is 2.74 bits per heavy atom. The molecule has 3 aromatic heterocycles. The number of rotatable bonds is 10. The molecule has 3 rings (SSSR count). The van der Waals surface area contributed by atoms with E-state index in [4.69, 9.17) is 0 Å². The van der Waals surface area contributed by atoms with Gasteiger partial charge in [-0.3, -0.25) is 4.98 Å². The van der Waals surface area contributed by atoms with Crippen LogP contribution in [0.5, 0.6) is 0 Å². The van der Waals surface area contributed by atoms with Crippen molar-refractivity contribution in [3.63, 3.8) is 0 Å². The smallest absolute Gasteiger partial charge is 0.191 e. The minimum absolute atomic E-state index is 0.830. The fraction of sp³-hybridized carbons (Fsp3) is 0.389. The average molecular weight is 421 g/mol. The molecule has 0 unspecified atom stereocenters. The van der Waals surface area contributed by atoms with Gasteiger partial charge in [0.1, 0.15) is 0 Å². The zero-order valence-electron chi connectivity index (χ0n) is 15.8. The highest BCUT2D eigenvalue weighted by atomic mass is 32.2. The molecule has 0 aromatic carbocycles. The Morgan fingerprint density at radius 1 is 1.11 bits per heavy atom. The highest BCUT2D eigenvalue weighted by Gasteiger charge is 2.14. The molecule has 0 amide bonds. The lowest BCUT2D eigenvalue weighted by atomic mass is 10.4. The molecule has 144 valence electrons. The number of hydrogen-bond acceptors (Lipinski definition) is 9. The molecule has 1 N–H and O–H groups in total. The largest absolute Gasteiger partial charge is 0.365 e. The van der Waals surface area contributed by atoms with Crippen molar-refractivity contribution in [3.05, 3.63) is 46.4 Å². The number of anilines is 3. The van der Waals surface area contributed by atoms with Crippen molar-refractivity contribution >= 4 is 52.1 Å². The normalized spacial score (nSPS) is 11.1. The van der Waals surface area contributed by atoms with E-state index in [1.54, 1.807) is 6.20 Å². The number of hydrogen-bond donors (Lipinski definition) is 1. The molecule has 0 saturated heterocycles. The molecule has 9 heteroatoms. The van der Waals surface area contributed by atoms with E-state index in [-0.39, 0.29) is 0 Å². The molecular formula is C18H24N6S3. The summed E-state index contributed by atoms with van der Waals surface area (Å²) in [6, 6.07) is 8.41. The molecule has 0 fully saturated rings. The summed E-state index contributed by atoms with van der Waals surface area (Å²) < 4.78 is 8.82. The van der Waals surface area contributed by atoms with E-state index in [2.05, 4.69) is 50.2 Å². The van der Waals surface area contributed by atoms with Crippen molar-refractivity contribution in [2.75, 3.05) is 43.7 Å². The Bertz CT molecular complexity index is 817. The molecule has 3 heterocycles. The fourth-order valence-corrected chi connectivity index (χ4v) is 5.16. The van der Waals surface area contributed by atoms with E-state index in [0.29, 0.717) is 0 Å². The maximum atomic E-state index is 4.42. The molecule has 6 nitrogen and oxygen atoms in total. The topological polar surface area (TPSA) is 57.2 Å². The van der Waals surface area contributed by atoms with Gasteiger partial charge in [-0.25, -0.2) is 0 Å². The summed E-state index contributed by atoms with van der Waals surface area (Å²) in [6.45, 7) is 1.88. The van der Waals surface area contributed by atoms with E-state index in [1.165, 1.54) is 21.5 Å². The van der Waals surface area contributed by atoms with E-state index in [9.17, 15) is 0 Å². The van der Waals surface area contributed by atoms with Gasteiger partial charge in [-0.05, 0) is 38.4 Å². The first kappa shape index (κ1) is 20.1. The Labute approximate surface area is 173 Å². The second kappa shape index (κ2) is 10.0. The highest BCUT2D eigenvalue weighted by Crippen LogP contribution is 2.28. The minimum atomic E-state index is 0.830. The van der Waals surface area contributed by atoms with Crippen molar-refractivity contribution in [1.82, 2.24) is 18.6 Å². The van der Waals surface area contributed by atoms with E-state index < -0.39 is 0 Å². The molecule has 0 spiro atoms. The summed E-state index contributed by atoms with van der Waals surface area (Å²) in [7, 11) is 6.19. The molecule has 0 saturated carbocycles. The SMILES string of the molecule is CN(C)Cc1ccc(CSCCNc2nsnc2N(C)c2cccnc2)s1. The highest BCUT2D eigenvalue weighted by molar-refractivity contribution is 7.98. The van der Waals surface area contributed by atoms with E-state index in [0.717, 1.165) is 41.9 Å². The van der Waals surface area contributed by atoms with Crippen LogP contribution in [-0.4, -0.2) is 52.1 Å². The summed E-state index contributed by atoms with van der Waals surface area (Å²) in [5.74, 6) is 3.74. The van der Waals surface area contributed by atoms with Crippen molar-refractivity contribution in [3.8, 4) is 0 Å². The van der Waals surface area contributed by atoms with Gasteiger partial charge in [-0.1, -0.05) is 0 Å². The Balaban J connectivity index is 1.44. The second-order valence-corrected chi connectivity index (χ2v) is 9.18. The van der Waals surface area contributed by atoms with Crippen LogP contribution in [0.3, 0.4) is 0 Å². The van der Waals surface area contributed by atoms with Crippen LogP contribution >= 0.6 is 34.8 Å². The van der Waals surface area contributed by atoms with Crippen LogP contribution in [0.15, 0.2) is 36.7 Å². The van der Waals surface area contributed by atoms with Gasteiger partial charge in [0.2, 0.25) is 0 Å². The van der Waals surface area contributed by atoms with E-state index >= 15 is 0 Å². The molecule has 0 atom stereocenters. The van der Waals surface area contributed by atoms with Gasteiger partial charge >= 0.3 is 0 Å². The average Bonchev–Trinajstić information content (AvgIpc) is 3.30. The lowest BCUT2D eigenvalue weighted by Crippen LogP contribution is -2.14. The third-order valence-electron chi connectivity index (χ3n) is 3.79. The van der Waals surface area contributed by atoms with Crippen LogP contribution in [0.4, 0.5) is 17.3 Å². The summed E-state index contributed by atoms with van der Waals surface area (Å²) >= 11 is 5.07. The van der Waals surface area contributed by atoms with Gasteiger partial charge in [-0.15, -0.1) is 11.3 Å². The van der Waals surface area contributed by atoms with Gasteiger partial charge in [0.05, 0.1) is 23.6 Å². The zero-order chi connectivity index (χ0) is 19.1. The minimum Gasteiger partial charge on any atom is -0.365 e. The van der Waals surface area contributed by atoms with Crippen molar-refractivity contribution in [2.45, 2.75) is 12.3 Å². The maximum Gasteiger partial charge on any atom is 0.191 e. The van der Waals surface area contributed by atoms with Crippen molar-refractivity contribution < 1.29 is 0 Å². The first-order valence-corrected chi connectivity index (χ1v) is 11.3. The van der Waals surface area contributed by atoms with Gasteiger partial charge in [0.15, 0.2) is 11.6 Å². The molecular weight excluding hydrogens is 396 g/mol. The zero-order valence-corrected chi connectivity index (χ0v) is 18.2. The van der Waals surface area contributed by atoms with Crippen molar-refractivity contribution in [2.24, 2.45) is 0 Å². The van der Waals surface area contributed by atoms with Crippen LogP contribution in [0.25, 0.3) is 0 Å². The molecule has 27 heavy (non-hydrogen) atoms. The molecule has 0 radical (unpaired) electrons. The number of nitrogens with one attached hydrogen (secondary N) is 1. The number of nitrogens with zero attached hydrogens (tertiary/aromatic N) is 5. The predicted molar refractivity (Wildman–Crippen MR) is 119 cm³/mol. The van der Waals surface area contributed by atoms with Gasteiger partial charge in [0, 0.05) is 47.6 Å².